The summed E-state index contributed by atoms with van der Waals surface area (Å²) >= 11 is 1.38. The summed E-state index contributed by atoms with van der Waals surface area (Å²) in [5.74, 6) is 6.77. The Labute approximate surface area is 189 Å². The van der Waals surface area contributed by atoms with Crippen LogP contribution in [0.5, 0.6) is 0 Å². The van der Waals surface area contributed by atoms with E-state index in [1.54, 1.807) is 13.1 Å². The molecule has 32 heavy (non-hydrogen) atoms. The predicted octanol–water partition coefficient (Wildman–Crippen LogP) is 3.25. The molecule has 1 aromatic carbocycles. The van der Waals surface area contributed by atoms with Crippen LogP contribution >= 0.6 is 11.3 Å². The van der Waals surface area contributed by atoms with Gasteiger partial charge >= 0.3 is 0 Å². The SMILES string of the molecule is C[C@](O)(C#Cc1ccc(N2CCOCC2)c(Nc2ncnc3[nH]ccc23)c1)c1nccs1. The molecular formula is C23H22N6O2S. The maximum Gasteiger partial charge on any atom is 0.174 e. The molecule has 0 bridgehead atoms. The third-order valence-corrected chi connectivity index (χ3v) is 6.24. The molecule has 8 nitrogen and oxygen atoms in total. The predicted molar refractivity (Wildman–Crippen MR) is 125 cm³/mol. The molecule has 9 heteroatoms. The number of ether oxygens (including phenoxy) is 1. The summed E-state index contributed by atoms with van der Waals surface area (Å²) < 4.78 is 5.52. The molecule has 0 unspecified atom stereocenters. The molecule has 0 amide bonds. The molecule has 4 aromatic rings. The summed E-state index contributed by atoms with van der Waals surface area (Å²) in [7, 11) is 0. The second-order valence-electron chi connectivity index (χ2n) is 7.58. The molecule has 1 fully saturated rings. The first-order valence-electron chi connectivity index (χ1n) is 10.3. The van der Waals surface area contributed by atoms with Crippen LogP contribution in [0.3, 0.4) is 0 Å². The number of nitrogens with zero attached hydrogens (tertiary/aromatic N) is 4. The lowest BCUT2D eigenvalue weighted by atomic mass is 10.1. The van der Waals surface area contributed by atoms with Crippen LogP contribution in [-0.2, 0) is 10.3 Å². The van der Waals surface area contributed by atoms with E-state index in [2.05, 4.69) is 42.0 Å². The molecule has 0 radical (unpaired) electrons. The number of aromatic amines is 1. The molecule has 0 spiro atoms. The van der Waals surface area contributed by atoms with Crippen LogP contribution in [0.25, 0.3) is 11.0 Å². The number of anilines is 3. The molecule has 5 rings (SSSR count). The quantitative estimate of drug-likeness (QED) is 0.414. The van der Waals surface area contributed by atoms with E-state index in [1.807, 2.05) is 35.8 Å². The van der Waals surface area contributed by atoms with Gasteiger partial charge in [0.1, 0.15) is 22.8 Å². The van der Waals surface area contributed by atoms with Crippen molar-refractivity contribution in [3.05, 3.63) is 58.9 Å². The number of thiazole rings is 1. The Morgan fingerprint density at radius 1 is 1.22 bits per heavy atom. The van der Waals surface area contributed by atoms with Crippen LogP contribution in [0.4, 0.5) is 17.2 Å². The number of fused-ring (bicyclic) bond motifs is 1. The molecule has 4 heterocycles. The minimum atomic E-state index is -1.31. The third-order valence-electron chi connectivity index (χ3n) is 5.25. The van der Waals surface area contributed by atoms with Crippen LogP contribution in [0.15, 0.2) is 48.4 Å². The van der Waals surface area contributed by atoms with Gasteiger partial charge in [-0.3, -0.25) is 0 Å². The normalized spacial score (nSPS) is 15.8. The minimum absolute atomic E-state index is 0.573. The van der Waals surface area contributed by atoms with Gasteiger partial charge in [0.25, 0.3) is 0 Å². The van der Waals surface area contributed by atoms with Gasteiger partial charge in [-0.25, -0.2) is 15.0 Å². The molecule has 1 saturated heterocycles. The summed E-state index contributed by atoms with van der Waals surface area (Å²) in [5, 5.41) is 17.5. The summed E-state index contributed by atoms with van der Waals surface area (Å²) in [6.07, 6.45) is 5.04. The second-order valence-corrected chi connectivity index (χ2v) is 8.47. The van der Waals surface area contributed by atoms with Gasteiger partial charge in [-0.1, -0.05) is 11.8 Å². The zero-order valence-corrected chi connectivity index (χ0v) is 18.3. The van der Waals surface area contributed by atoms with Gasteiger partial charge in [-0.05, 0) is 31.2 Å². The number of morpholine rings is 1. The first-order valence-corrected chi connectivity index (χ1v) is 11.2. The van der Waals surface area contributed by atoms with Gasteiger partial charge in [-0.15, -0.1) is 11.3 Å². The fourth-order valence-corrected chi connectivity index (χ4v) is 4.26. The second kappa shape index (κ2) is 8.59. The maximum atomic E-state index is 10.7. The van der Waals surface area contributed by atoms with Crippen LogP contribution in [-0.4, -0.2) is 51.3 Å². The van der Waals surface area contributed by atoms with E-state index in [9.17, 15) is 5.11 Å². The van der Waals surface area contributed by atoms with Crippen molar-refractivity contribution in [1.82, 2.24) is 19.9 Å². The number of benzene rings is 1. The Hall–Kier alpha value is -3.45. The molecule has 3 aromatic heterocycles. The van der Waals surface area contributed by atoms with Crippen molar-refractivity contribution in [2.24, 2.45) is 0 Å². The molecule has 3 N–H and O–H groups in total. The summed E-state index contributed by atoms with van der Waals surface area (Å²) in [4.78, 5) is 18.3. The number of H-pyrrole nitrogens is 1. The molecule has 1 aliphatic rings. The Morgan fingerprint density at radius 3 is 2.91 bits per heavy atom. The van der Waals surface area contributed by atoms with Gasteiger partial charge in [-0.2, -0.15) is 0 Å². The van der Waals surface area contributed by atoms with E-state index in [0.717, 1.165) is 41.1 Å². The Bertz CT molecular complexity index is 1280. The van der Waals surface area contributed by atoms with E-state index in [4.69, 9.17) is 4.74 Å². The molecular weight excluding hydrogens is 424 g/mol. The number of rotatable bonds is 4. The van der Waals surface area contributed by atoms with Crippen LogP contribution < -0.4 is 10.2 Å². The summed E-state index contributed by atoms with van der Waals surface area (Å²) in [5.41, 5.74) is 2.17. The smallest absolute Gasteiger partial charge is 0.174 e. The van der Waals surface area contributed by atoms with Gasteiger partial charge in [0.2, 0.25) is 0 Å². The van der Waals surface area contributed by atoms with E-state index in [-0.39, 0.29) is 0 Å². The van der Waals surface area contributed by atoms with Crippen molar-refractivity contribution < 1.29 is 9.84 Å². The van der Waals surface area contributed by atoms with Crippen molar-refractivity contribution in [1.29, 1.82) is 0 Å². The molecule has 1 atom stereocenters. The number of aromatic nitrogens is 4. The lowest BCUT2D eigenvalue weighted by Crippen LogP contribution is -2.36. The van der Waals surface area contributed by atoms with Gasteiger partial charge in [0, 0.05) is 36.4 Å². The van der Waals surface area contributed by atoms with Crippen molar-refractivity contribution in [2.75, 3.05) is 36.5 Å². The average molecular weight is 447 g/mol. The van der Waals surface area contributed by atoms with Crippen molar-refractivity contribution in [2.45, 2.75) is 12.5 Å². The fraction of sp³-hybridized carbons (Fsp3) is 0.261. The van der Waals surface area contributed by atoms with Gasteiger partial charge in [0.15, 0.2) is 5.60 Å². The van der Waals surface area contributed by atoms with Crippen molar-refractivity contribution in [3.63, 3.8) is 0 Å². The topological polar surface area (TPSA) is 99.2 Å². The lowest BCUT2D eigenvalue weighted by Gasteiger charge is -2.30. The van der Waals surface area contributed by atoms with Crippen LogP contribution in [0.1, 0.15) is 17.5 Å². The number of hydrogen-bond acceptors (Lipinski definition) is 8. The number of aliphatic hydroxyl groups is 1. The van der Waals surface area contributed by atoms with E-state index < -0.39 is 5.60 Å². The molecule has 162 valence electrons. The van der Waals surface area contributed by atoms with Crippen LogP contribution in [0.2, 0.25) is 0 Å². The third kappa shape index (κ3) is 4.16. The Kier molecular flexibility index (Phi) is 5.49. The first-order chi connectivity index (χ1) is 15.6. The highest BCUT2D eigenvalue weighted by molar-refractivity contribution is 7.09. The zero-order chi connectivity index (χ0) is 22.0. The Balaban J connectivity index is 1.52. The number of nitrogens with one attached hydrogen (secondary N) is 2. The first kappa shape index (κ1) is 20.5. The highest BCUT2D eigenvalue weighted by atomic mass is 32.1. The fourth-order valence-electron chi connectivity index (χ4n) is 3.60. The van der Waals surface area contributed by atoms with E-state index in [0.29, 0.717) is 24.0 Å². The van der Waals surface area contributed by atoms with Crippen LogP contribution in [0, 0.1) is 11.8 Å². The summed E-state index contributed by atoms with van der Waals surface area (Å²) in [6, 6.07) is 7.94. The summed E-state index contributed by atoms with van der Waals surface area (Å²) in [6.45, 7) is 4.65. The molecule has 1 aliphatic heterocycles. The molecule has 0 saturated carbocycles. The highest BCUT2D eigenvalue weighted by Crippen LogP contribution is 2.32. The number of hydrogen-bond donors (Lipinski definition) is 3. The largest absolute Gasteiger partial charge is 0.378 e. The average Bonchev–Trinajstić information content (AvgIpc) is 3.52. The standard InChI is InChI=1S/C23H22N6O2S/c1-23(30,22-25-8-13-32-22)6-4-16-2-3-19(29-9-11-31-12-10-29)18(14-16)28-21-17-5-7-24-20(17)26-15-27-21/h2-3,5,7-8,13-15,30H,9-12H2,1H3,(H2,24,26,27,28)/t23-/m0/s1. The zero-order valence-electron chi connectivity index (χ0n) is 17.5. The lowest BCUT2D eigenvalue weighted by molar-refractivity contribution is 0.121. The maximum absolute atomic E-state index is 10.7. The Morgan fingerprint density at radius 2 is 2.09 bits per heavy atom. The van der Waals surface area contributed by atoms with E-state index in [1.165, 1.54) is 17.7 Å². The molecule has 0 aliphatic carbocycles. The highest BCUT2D eigenvalue weighted by Gasteiger charge is 2.23. The monoisotopic (exact) mass is 446 g/mol. The van der Waals surface area contributed by atoms with Gasteiger partial charge < -0.3 is 25.0 Å². The minimum Gasteiger partial charge on any atom is -0.378 e. The van der Waals surface area contributed by atoms with E-state index >= 15 is 0 Å². The van der Waals surface area contributed by atoms with Gasteiger partial charge in [0.05, 0.1) is 30.0 Å². The van der Waals surface area contributed by atoms with Crippen molar-refractivity contribution >= 4 is 39.6 Å². The van der Waals surface area contributed by atoms with Crippen molar-refractivity contribution in [3.8, 4) is 11.8 Å².